The summed E-state index contributed by atoms with van der Waals surface area (Å²) < 4.78 is 0. The van der Waals surface area contributed by atoms with Crippen molar-refractivity contribution in [2.75, 3.05) is 0 Å². The Bertz CT molecular complexity index is 715. The molecule has 1 aliphatic rings. The first kappa shape index (κ1) is 13.0. The van der Waals surface area contributed by atoms with E-state index in [1.54, 1.807) is 12.4 Å². The monoisotopic (exact) mass is 284 g/mol. The molecule has 0 spiro atoms. The topological polar surface area (TPSA) is 101 Å². The van der Waals surface area contributed by atoms with Gasteiger partial charge < -0.3 is 10.5 Å². The van der Waals surface area contributed by atoms with Crippen LogP contribution in [0.15, 0.2) is 47.8 Å². The van der Waals surface area contributed by atoms with Gasteiger partial charge in [0.1, 0.15) is 5.75 Å². The molecule has 0 saturated carbocycles. The molecule has 1 aromatic heterocycles. The maximum Gasteiger partial charge on any atom is 0.270 e. The van der Waals surface area contributed by atoms with Crippen molar-refractivity contribution in [3.8, 4) is 5.75 Å². The average molecular weight is 284 g/mol. The maximum atomic E-state index is 10.8. The molecule has 2 heterocycles. The molecule has 21 heavy (non-hydrogen) atoms. The number of pyridine rings is 1. The fourth-order valence-corrected chi connectivity index (χ4v) is 2.25. The highest BCUT2D eigenvalue weighted by Gasteiger charge is 2.24. The Morgan fingerprint density at radius 1 is 1.38 bits per heavy atom. The third kappa shape index (κ3) is 2.53. The number of phenols is 1. The van der Waals surface area contributed by atoms with Gasteiger partial charge in [-0.25, -0.2) is 0 Å². The standard InChI is InChI=1S/C14H12N4O3/c19-14-4-3-10(18(20)21)6-11(14)13-7-12(16-17-13)9-2-1-5-15-8-9/h1-6,8,12,16,19H,7H2. The lowest BCUT2D eigenvalue weighted by atomic mass is 9.99. The fraction of sp³-hybridized carbons (Fsp3) is 0.143. The summed E-state index contributed by atoms with van der Waals surface area (Å²) >= 11 is 0. The molecule has 0 aliphatic carbocycles. The van der Waals surface area contributed by atoms with Crippen LogP contribution in [0.25, 0.3) is 0 Å². The summed E-state index contributed by atoms with van der Waals surface area (Å²) in [7, 11) is 0. The highest BCUT2D eigenvalue weighted by Crippen LogP contribution is 2.30. The van der Waals surface area contributed by atoms with Crippen molar-refractivity contribution in [1.29, 1.82) is 0 Å². The zero-order valence-corrected chi connectivity index (χ0v) is 10.9. The van der Waals surface area contributed by atoms with Gasteiger partial charge in [-0.1, -0.05) is 6.07 Å². The summed E-state index contributed by atoms with van der Waals surface area (Å²) in [4.78, 5) is 14.4. The number of nitrogens with zero attached hydrogens (tertiary/aromatic N) is 3. The van der Waals surface area contributed by atoms with E-state index in [4.69, 9.17) is 0 Å². The van der Waals surface area contributed by atoms with Crippen LogP contribution in [0.2, 0.25) is 0 Å². The fourth-order valence-electron chi connectivity index (χ4n) is 2.25. The number of hydrogen-bond donors (Lipinski definition) is 2. The number of non-ortho nitro benzene ring substituents is 1. The third-order valence-corrected chi connectivity index (χ3v) is 3.34. The predicted molar refractivity (Wildman–Crippen MR) is 76.0 cm³/mol. The minimum atomic E-state index is -0.496. The molecule has 7 nitrogen and oxygen atoms in total. The molecule has 0 amide bonds. The third-order valence-electron chi connectivity index (χ3n) is 3.34. The Morgan fingerprint density at radius 2 is 2.24 bits per heavy atom. The number of nitrogens with one attached hydrogen (secondary N) is 1. The second-order valence-corrected chi connectivity index (χ2v) is 4.69. The van der Waals surface area contributed by atoms with E-state index in [9.17, 15) is 15.2 Å². The molecule has 0 radical (unpaired) electrons. The van der Waals surface area contributed by atoms with Crippen LogP contribution < -0.4 is 5.43 Å². The first-order valence-corrected chi connectivity index (χ1v) is 6.35. The van der Waals surface area contributed by atoms with Crippen LogP contribution >= 0.6 is 0 Å². The quantitative estimate of drug-likeness (QED) is 0.664. The summed E-state index contributed by atoms with van der Waals surface area (Å²) in [5, 5.41) is 24.9. The van der Waals surface area contributed by atoms with Crippen molar-refractivity contribution in [2.24, 2.45) is 5.10 Å². The summed E-state index contributed by atoms with van der Waals surface area (Å²) in [6.45, 7) is 0. The molecule has 0 saturated heterocycles. The van der Waals surface area contributed by atoms with Gasteiger partial charge in [-0.15, -0.1) is 0 Å². The number of aromatic hydroxyl groups is 1. The van der Waals surface area contributed by atoms with Gasteiger partial charge in [0.05, 0.1) is 16.7 Å². The van der Waals surface area contributed by atoms with E-state index < -0.39 is 4.92 Å². The lowest BCUT2D eigenvalue weighted by Gasteiger charge is -2.09. The minimum absolute atomic E-state index is 0.0204. The summed E-state index contributed by atoms with van der Waals surface area (Å²) in [6, 6.07) is 7.62. The first-order chi connectivity index (χ1) is 10.1. The highest BCUT2D eigenvalue weighted by molar-refractivity contribution is 6.04. The van der Waals surface area contributed by atoms with E-state index in [-0.39, 0.29) is 17.5 Å². The second kappa shape index (κ2) is 5.20. The Kier molecular flexibility index (Phi) is 3.23. The van der Waals surface area contributed by atoms with Crippen LogP contribution in [0.5, 0.6) is 5.75 Å². The van der Waals surface area contributed by atoms with E-state index >= 15 is 0 Å². The number of phenolic OH excluding ortho intramolecular Hbond substituents is 1. The average Bonchev–Trinajstić information content (AvgIpc) is 2.98. The normalized spacial score (nSPS) is 17.1. The van der Waals surface area contributed by atoms with Crippen molar-refractivity contribution in [3.63, 3.8) is 0 Å². The van der Waals surface area contributed by atoms with Crippen molar-refractivity contribution >= 4 is 11.4 Å². The Labute approximate surface area is 120 Å². The van der Waals surface area contributed by atoms with Gasteiger partial charge in [-0.2, -0.15) is 5.10 Å². The van der Waals surface area contributed by atoms with E-state index in [1.165, 1.54) is 18.2 Å². The molecule has 7 heteroatoms. The number of rotatable bonds is 3. The summed E-state index contributed by atoms with van der Waals surface area (Å²) in [6.07, 6.45) is 3.95. The smallest absolute Gasteiger partial charge is 0.270 e. The van der Waals surface area contributed by atoms with Crippen LogP contribution in [-0.2, 0) is 0 Å². The zero-order valence-electron chi connectivity index (χ0n) is 10.9. The largest absolute Gasteiger partial charge is 0.507 e. The number of aromatic nitrogens is 1. The number of hydrazone groups is 1. The number of benzene rings is 1. The molecule has 3 rings (SSSR count). The number of hydrogen-bond acceptors (Lipinski definition) is 6. The summed E-state index contributed by atoms with van der Waals surface area (Å²) in [5.74, 6) is -0.0204. The second-order valence-electron chi connectivity index (χ2n) is 4.69. The van der Waals surface area contributed by atoms with E-state index in [1.807, 2.05) is 12.1 Å². The first-order valence-electron chi connectivity index (χ1n) is 6.35. The van der Waals surface area contributed by atoms with Crippen molar-refractivity contribution < 1.29 is 10.0 Å². The maximum absolute atomic E-state index is 10.8. The van der Waals surface area contributed by atoms with Gasteiger partial charge >= 0.3 is 0 Å². The number of nitro groups is 1. The van der Waals surface area contributed by atoms with Crippen LogP contribution in [0.1, 0.15) is 23.6 Å². The number of nitro benzene ring substituents is 1. The molecule has 1 unspecified atom stereocenters. The lowest BCUT2D eigenvalue weighted by Crippen LogP contribution is -2.10. The predicted octanol–water partition coefficient (Wildman–Crippen LogP) is 2.13. The lowest BCUT2D eigenvalue weighted by molar-refractivity contribution is -0.384. The van der Waals surface area contributed by atoms with Gasteiger partial charge in [0.15, 0.2) is 0 Å². The Balaban J connectivity index is 1.86. The molecular formula is C14H12N4O3. The molecular weight excluding hydrogens is 272 g/mol. The van der Waals surface area contributed by atoms with Crippen molar-refractivity contribution in [1.82, 2.24) is 10.4 Å². The SMILES string of the molecule is O=[N+]([O-])c1ccc(O)c(C2=NNC(c3cccnc3)C2)c1. The van der Waals surface area contributed by atoms with E-state index in [2.05, 4.69) is 15.5 Å². The van der Waals surface area contributed by atoms with Gasteiger partial charge in [0, 0.05) is 36.5 Å². The molecule has 2 N–H and O–H groups in total. The van der Waals surface area contributed by atoms with E-state index in [0.717, 1.165) is 5.56 Å². The van der Waals surface area contributed by atoms with Crippen molar-refractivity contribution in [3.05, 3.63) is 64.0 Å². The molecule has 0 bridgehead atoms. The molecule has 2 aromatic rings. The van der Waals surface area contributed by atoms with Crippen LogP contribution in [0, 0.1) is 10.1 Å². The van der Waals surface area contributed by atoms with Gasteiger partial charge in [0.2, 0.25) is 0 Å². The molecule has 106 valence electrons. The Hall–Kier alpha value is -2.96. The van der Waals surface area contributed by atoms with E-state index in [0.29, 0.717) is 17.7 Å². The van der Waals surface area contributed by atoms with Crippen molar-refractivity contribution in [2.45, 2.75) is 12.5 Å². The highest BCUT2D eigenvalue weighted by atomic mass is 16.6. The van der Waals surface area contributed by atoms with Gasteiger partial charge in [0.25, 0.3) is 5.69 Å². The minimum Gasteiger partial charge on any atom is -0.507 e. The zero-order chi connectivity index (χ0) is 14.8. The van der Waals surface area contributed by atoms with Gasteiger partial charge in [-0.3, -0.25) is 15.1 Å². The molecule has 1 aromatic carbocycles. The van der Waals surface area contributed by atoms with Crippen LogP contribution in [-0.4, -0.2) is 20.7 Å². The molecule has 0 fully saturated rings. The molecule has 1 atom stereocenters. The van der Waals surface area contributed by atoms with Gasteiger partial charge in [-0.05, 0) is 17.7 Å². The van der Waals surface area contributed by atoms with Crippen LogP contribution in [0.3, 0.4) is 0 Å². The Morgan fingerprint density at radius 3 is 2.95 bits per heavy atom. The molecule has 1 aliphatic heterocycles. The van der Waals surface area contributed by atoms with Crippen LogP contribution in [0.4, 0.5) is 5.69 Å². The summed E-state index contributed by atoms with van der Waals surface area (Å²) in [5.41, 5.74) is 4.83.